The van der Waals surface area contributed by atoms with Crippen LogP contribution in [0.15, 0.2) is 60.8 Å². The van der Waals surface area contributed by atoms with Crippen LogP contribution < -0.4 is 16.8 Å². The van der Waals surface area contributed by atoms with Crippen LogP contribution in [-0.4, -0.2) is 11.6 Å². The number of hydrogen-bond acceptors (Lipinski definition) is 3. The number of aryl methyl sites for hydroxylation is 1. The molecule has 1 saturated heterocycles. The van der Waals surface area contributed by atoms with Gasteiger partial charge in [-0.2, -0.15) is 0 Å². The molecule has 1 aromatic carbocycles. The van der Waals surface area contributed by atoms with Gasteiger partial charge in [-0.15, -0.1) is 0 Å². The van der Waals surface area contributed by atoms with E-state index in [1.165, 1.54) is 17.6 Å². The molecule has 0 bridgehead atoms. The van der Waals surface area contributed by atoms with Gasteiger partial charge in [0, 0.05) is 17.3 Å². The summed E-state index contributed by atoms with van der Waals surface area (Å²) in [6.45, 7) is 10.1. The highest BCUT2D eigenvalue weighted by atomic mass is 15.0. The van der Waals surface area contributed by atoms with Crippen LogP contribution in [0.5, 0.6) is 0 Å². The molecular formula is C21H33N3. The van der Waals surface area contributed by atoms with E-state index in [9.17, 15) is 0 Å². The summed E-state index contributed by atoms with van der Waals surface area (Å²) in [5, 5.41) is 3.77. The quantitative estimate of drug-likeness (QED) is 0.538. The third kappa shape index (κ3) is 5.89. The number of rotatable bonds is 6. The molecule has 1 fully saturated rings. The van der Waals surface area contributed by atoms with E-state index in [0.717, 1.165) is 24.9 Å². The Labute approximate surface area is 147 Å². The minimum Gasteiger partial charge on any atom is -0.405 e. The van der Waals surface area contributed by atoms with Crippen LogP contribution in [0.1, 0.15) is 45.6 Å². The molecule has 2 atom stereocenters. The van der Waals surface area contributed by atoms with Crippen molar-refractivity contribution in [2.45, 2.75) is 58.0 Å². The van der Waals surface area contributed by atoms with Gasteiger partial charge in [0.1, 0.15) is 0 Å². The molecule has 2 unspecified atom stereocenters. The van der Waals surface area contributed by atoms with Gasteiger partial charge in [0.25, 0.3) is 0 Å². The molecule has 0 amide bonds. The average molecular weight is 328 g/mol. The Morgan fingerprint density at radius 3 is 2.58 bits per heavy atom. The molecule has 1 aliphatic heterocycles. The second-order valence-corrected chi connectivity index (χ2v) is 6.30. The lowest BCUT2D eigenvalue weighted by molar-refractivity contribution is 0.373. The van der Waals surface area contributed by atoms with Crippen molar-refractivity contribution in [3.05, 3.63) is 66.4 Å². The zero-order chi connectivity index (χ0) is 18.0. The third-order valence-corrected chi connectivity index (χ3v) is 4.45. The normalized spacial score (nSPS) is 23.8. The Kier molecular flexibility index (Phi) is 8.34. The van der Waals surface area contributed by atoms with Crippen molar-refractivity contribution in [2.75, 3.05) is 5.73 Å². The van der Waals surface area contributed by atoms with Gasteiger partial charge in [0.15, 0.2) is 0 Å². The summed E-state index contributed by atoms with van der Waals surface area (Å²) in [5.41, 5.74) is 14.8. The molecule has 0 spiro atoms. The van der Waals surface area contributed by atoms with E-state index in [4.69, 9.17) is 11.5 Å². The molecule has 24 heavy (non-hydrogen) atoms. The summed E-state index contributed by atoms with van der Waals surface area (Å²) in [7, 11) is 0. The summed E-state index contributed by atoms with van der Waals surface area (Å²) >= 11 is 0. The van der Waals surface area contributed by atoms with Crippen molar-refractivity contribution in [1.82, 2.24) is 5.32 Å². The topological polar surface area (TPSA) is 64.1 Å². The number of nitrogen functional groups attached to an aromatic ring is 1. The van der Waals surface area contributed by atoms with Crippen molar-refractivity contribution in [3.8, 4) is 0 Å². The van der Waals surface area contributed by atoms with Crippen LogP contribution in [0, 0.1) is 0 Å². The first-order valence-corrected chi connectivity index (χ1v) is 8.89. The summed E-state index contributed by atoms with van der Waals surface area (Å²) in [6.07, 6.45) is 11.9. The van der Waals surface area contributed by atoms with Gasteiger partial charge in [0.2, 0.25) is 0 Å². The summed E-state index contributed by atoms with van der Waals surface area (Å²) in [4.78, 5) is 0. The van der Waals surface area contributed by atoms with E-state index in [1.54, 1.807) is 6.20 Å². The van der Waals surface area contributed by atoms with Gasteiger partial charge in [-0.1, -0.05) is 44.7 Å². The molecule has 0 radical (unpaired) electrons. The number of nitrogens with two attached hydrogens (primary N) is 2. The zero-order valence-corrected chi connectivity index (χ0v) is 15.4. The smallest absolute Gasteiger partial charge is 0.0326 e. The van der Waals surface area contributed by atoms with Crippen molar-refractivity contribution in [3.63, 3.8) is 0 Å². The Bertz CT molecular complexity index is 557. The number of hydrogen-bond donors (Lipinski definition) is 3. The Morgan fingerprint density at radius 2 is 2.00 bits per heavy atom. The lowest BCUT2D eigenvalue weighted by atomic mass is 9.92. The highest BCUT2D eigenvalue weighted by molar-refractivity contribution is 5.39. The SMILES string of the molecule is C=C/C=C(\C=C/N)C1CCC(C)(CCc2ccc(N)cc2)N1.CC. The largest absolute Gasteiger partial charge is 0.405 e. The Hall–Kier alpha value is -2.00. The Morgan fingerprint density at radius 1 is 1.33 bits per heavy atom. The van der Waals surface area contributed by atoms with E-state index >= 15 is 0 Å². The fourth-order valence-corrected chi connectivity index (χ4v) is 3.11. The number of allylic oxidation sites excluding steroid dienone is 2. The minimum absolute atomic E-state index is 0.161. The van der Waals surface area contributed by atoms with E-state index in [1.807, 2.05) is 44.2 Å². The average Bonchev–Trinajstić information content (AvgIpc) is 2.99. The third-order valence-electron chi connectivity index (χ3n) is 4.45. The first kappa shape index (κ1) is 20.0. The summed E-state index contributed by atoms with van der Waals surface area (Å²) in [6, 6.07) is 8.53. The lowest BCUT2D eigenvalue weighted by Gasteiger charge is -2.26. The maximum Gasteiger partial charge on any atom is 0.0326 e. The maximum absolute atomic E-state index is 5.74. The maximum atomic E-state index is 5.74. The summed E-state index contributed by atoms with van der Waals surface area (Å²) in [5.74, 6) is 0. The molecular weight excluding hydrogens is 294 g/mol. The lowest BCUT2D eigenvalue weighted by Crippen LogP contribution is -2.41. The van der Waals surface area contributed by atoms with E-state index in [0.29, 0.717) is 6.04 Å². The zero-order valence-electron chi connectivity index (χ0n) is 15.4. The second-order valence-electron chi connectivity index (χ2n) is 6.30. The van der Waals surface area contributed by atoms with Crippen LogP contribution in [0.3, 0.4) is 0 Å². The van der Waals surface area contributed by atoms with Gasteiger partial charge >= 0.3 is 0 Å². The van der Waals surface area contributed by atoms with Gasteiger partial charge < -0.3 is 16.8 Å². The van der Waals surface area contributed by atoms with Gasteiger partial charge in [-0.3, -0.25) is 0 Å². The first-order chi connectivity index (χ1) is 11.6. The molecule has 0 aliphatic carbocycles. The molecule has 1 aromatic rings. The first-order valence-electron chi connectivity index (χ1n) is 8.89. The van der Waals surface area contributed by atoms with Gasteiger partial charge in [0.05, 0.1) is 0 Å². The molecule has 1 aliphatic rings. The fraction of sp³-hybridized carbons (Fsp3) is 0.429. The van der Waals surface area contributed by atoms with Crippen molar-refractivity contribution in [2.24, 2.45) is 5.73 Å². The standard InChI is InChI=1S/C19H27N3.C2H6/c1-3-4-16(11-14-20)18-10-13-19(2,22-18)12-9-15-5-7-17(21)8-6-15;1-2/h3-8,11,14,18,22H,1,9-10,12-13,20-21H2,2H3;1-2H3/b14-11-,16-4+;. The van der Waals surface area contributed by atoms with Gasteiger partial charge in [-0.25, -0.2) is 0 Å². The van der Waals surface area contributed by atoms with Crippen molar-refractivity contribution in [1.29, 1.82) is 0 Å². The highest BCUT2D eigenvalue weighted by Crippen LogP contribution is 2.31. The Balaban J connectivity index is 0.00000139. The second kappa shape index (κ2) is 9.99. The predicted octanol–water partition coefficient (Wildman–Crippen LogP) is 4.32. The molecule has 3 heteroatoms. The predicted molar refractivity (Wildman–Crippen MR) is 107 cm³/mol. The number of nitrogens with one attached hydrogen (secondary N) is 1. The van der Waals surface area contributed by atoms with Crippen LogP contribution in [0.4, 0.5) is 5.69 Å². The van der Waals surface area contributed by atoms with Crippen LogP contribution >= 0.6 is 0 Å². The summed E-state index contributed by atoms with van der Waals surface area (Å²) < 4.78 is 0. The van der Waals surface area contributed by atoms with E-state index < -0.39 is 0 Å². The van der Waals surface area contributed by atoms with Crippen molar-refractivity contribution < 1.29 is 0 Å². The van der Waals surface area contributed by atoms with Gasteiger partial charge in [-0.05, 0) is 68.2 Å². The van der Waals surface area contributed by atoms with Crippen LogP contribution in [0.2, 0.25) is 0 Å². The minimum atomic E-state index is 0.161. The van der Waals surface area contributed by atoms with E-state index in [2.05, 4.69) is 31.0 Å². The fourth-order valence-electron chi connectivity index (χ4n) is 3.11. The van der Waals surface area contributed by atoms with Crippen molar-refractivity contribution >= 4 is 5.69 Å². The highest BCUT2D eigenvalue weighted by Gasteiger charge is 2.34. The number of benzene rings is 1. The number of anilines is 1. The molecule has 0 aromatic heterocycles. The van der Waals surface area contributed by atoms with Crippen LogP contribution in [0.25, 0.3) is 0 Å². The molecule has 0 saturated carbocycles. The molecule has 2 rings (SSSR count). The monoisotopic (exact) mass is 327 g/mol. The molecule has 132 valence electrons. The van der Waals surface area contributed by atoms with Crippen LogP contribution in [-0.2, 0) is 6.42 Å². The molecule has 3 nitrogen and oxygen atoms in total. The van der Waals surface area contributed by atoms with E-state index in [-0.39, 0.29) is 5.54 Å². The molecule has 1 heterocycles. The molecule has 5 N–H and O–H groups in total.